The van der Waals surface area contributed by atoms with Crippen molar-refractivity contribution in [3.8, 4) is 33.5 Å². The first-order valence-corrected chi connectivity index (χ1v) is 48.9. The zero-order valence-electron chi connectivity index (χ0n) is 73.7. The predicted octanol–water partition coefficient (Wildman–Crippen LogP) is 27.1. The van der Waals surface area contributed by atoms with Crippen molar-refractivity contribution in [2.75, 3.05) is 14.7 Å². The maximum absolute atomic E-state index is 15.1. The van der Waals surface area contributed by atoms with Crippen molar-refractivity contribution in [2.24, 2.45) is 0 Å². The van der Waals surface area contributed by atoms with E-state index < -0.39 is 21.4 Å². The van der Waals surface area contributed by atoms with Crippen LogP contribution in [0.15, 0.2) is 437 Å². The molecule has 6 heterocycles. The van der Waals surface area contributed by atoms with Gasteiger partial charge in [0.15, 0.2) is 38.5 Å². The maximum Gasteiger partial charge on any atom is 0.189 e. The van der Waals surface area contributed by atoms with Gasteiger partial charge in [-0.15, -0.1) is 0 Å². The van der Waals surface area contributed by atoms with Gasteiger partial charge in [-0.3, -0.25) is 15.0 Å². The summed E-state index contributed by atoms with van der Waals surface area (Å²) < 4.78 is 45.2. The summed E-state index contributed by atoms with van der Waals surface area (Å²) in [4.78, 5) is 32.4. The molecule has 15 heteroatoms. The van der Waals surface area contributed by atoms with Crippen LogP contribution in [-0.2, 0) is 29.9 Å². The van der Waals surface area contributed by atoms with Gasteiger partial charge < -0.3 is 28.4 Å². The molecule has 0 N–H and O–H groups in total. The van der Waals surface area contributed by atoms with Gasteiger partial charge in [0.25, 0.3) is 0 Å². The highest BCUT2D eigenvalue weighted by molar-refractivity contribution is 7.86. The molecule has 18 aromatic rings. The molecule has 3 aliphatic rings. The highest BCUT2D eigenvalue weighted by Gasteiger charge is 2.42. The van der Waals surface area contributed by atoms with Gasteiger partial charge in [0.1, 0.15) is 5.44 Å². The van der Waals surface area contributed by atoms with Gasteiger partial charge in [-0.2, -0.15) is 0 Å². The number of fused-ring (bicyclic) bond motifs is 6. The van der Waals surface area contributed by atoms with Gasteiger partial charge in [-0.25, -0.2) is 14.5 Å². The lowest BCUT2D eigenvalue weighted by molar-refractivity contribution is 0.591. The second kappa shape index (κ2) is 35.4. The van der Waals surface area contributed by atoms with Crippen LogP contribution in [0.1, 0.15) is 74.9 Å². The molecule has 21 rings (SSSR count). The molecule has 0 fully saturated rings. The number of hydrogen-bond donors (Lipinski definition) is 0. The van der Waals surface area contributed by atoms with Crippen molar-refractivity contribution in [1.82, 2.24) is 15.0 Å². The third-order valence-corrected chi connectivity index (χ3v) is 34.7. The molecule has 0 unspecified atom stereocenters. The van der Waals surface area contributed by atoms with Crippen molar-refractivity contribution in [1.29, 1.82) is 0 Å². The van der Waals surface area contributed by atoms with Crippen LogP contribution in [0.3, 0.4) is 0 Å². The number of hydrogen-bond acceptors (Lipinski definition) is 9. The summed E-state index contributed by atoms with van der Waals surface area (Å²) in [5.41, 5.74) is 22.9. The summed E-state index contributed by atoms with van der Waals surface area (Å²) in [6.45, 7) is 37.5. The molecule has 0 atom stereocenters. The van der Waals surface area contributed by atoms with Crippen LogP contribution in [0.25, 0.3) is 48.0 Å². The van der Waals surface area contributed by atoms with Gasteiger partial charge in [0.05, 0.1) is 59.5 Å². The molecule has 12 nitrogen and oxygen atoms in total. The average molecular weight is 1760 g/mol. The Kier molecular flexibility index (Phi) is 23.0. The van der Waals surface area contributed by atoms with E-state index in [1.165, 1.54) is 33.4 Å². The molecule has 3 aromatic heterocycles. The highest BCUT2D eigenvalue weighted by atomic mass is 31.2. The Morgan fingerprint density at radius 3 is 0.856 bits per heavy atom. The van der Waals surface area contributed by atoms with Gasteiger partial charge in [-0.1, -0.05) is 333 Å². The fourth-order valence-electron chi connectivity index (χ4n) is 19.1. The second-order valence-corrected chi connectivity index (χ2v) is 42.9. The van der Waals surface area contributed by atoms with Crippen LogP contribution in [-0.4, -0.2) is 15.0 Å². The Labute approximate surface area is 771 Å². The summed E-state index contributed by atoms with van der Waals surface area (Å²) >= 11 is 0. The summed E-state index contributed by atoms with van der Waals surface area (Å²) in [6, 6.07) is 136. The zero-order chi connectivity index (χ0) is 90.9. The zero-order valence-corrected chi connectivity index (χ0v) is 76.3. The van der Waals surface area contributed by atoms with Crippen molar-refractivity contribution >= 4 is 138 Å². The Morgan fingerprint density at radius 1 is 0.242 bits per heavy atom. The summed E-state index contributed by atoms with van der Waals surface area (Å²) in [7, 11) is -9.67. The molecule has 0 bridgehead atoms. The lowest BCUT2D eigenvalue weighted by atomic mass is 9.73. The molecule has 15 aromatic carbocycles. The molecular weight excluding hydrogens is 1670 g/mol. The third kappa shape index (κ3) is 15.4. The molecule has 0 spiro atoms. The number of rotatable bonds is 15. The van der Waals surface area contributed by atoms with E-state index in [0.717, 1.165) is 111 Å². The van der Waals surface area contributed by atoms with E-state index in [-0.39, 0.29) is 16.2 Å². The van der Waals surface area contributed by atoms with Crippen LogP contribution in [0.5, 0.6) is 0 Å². The Hall–Kier alpha value is -15.7. The van der Waals surface area contributed by atoms with Gasteiger partial charge in [-0.05, 0) is 183 Å². The third-order valence-electron chi connectivity index (χ3n) is 25.7. The first-order chi connectivity index (χ1) is 64.2. The summed E-state index contributed by atoms with van der Waals surface area (Å²) in [6.07, 6.45) is 6.95. The molecule has 132 heavy (non-hydrogen) atoms. The smallest absolute Gasteiger partial charge is 0.189 e. The molecule has 0 saturated carbocycles. The second-order valence-electron chi connectivity index (χ2n) is 34.6. The largest absolute Gasteiger partial charge is 0.311 e. The van der Waals surface area contributed by atoms with Crippen molar-refractivity contribution in [2.45, 2.75) is 57.8 Å². The number of aromatic nitrogens is 3. The molecule has 0 saturated heterocycles. The number of anilines is 9. The lowest BCUT2D eigenvalue weighted by Gasteiger charge is -2.42. The Morgan fingerprint density at radius 2 is 0.523 bits per heavy atom. The number of pyridine rings is 3. The quantitative estimate of drug-likeness (QED) is 0.0731. The van der Waals surface area contributed by atoms with Gasteiger partial charge in [0, 0.05) is 101 Å². The van der Waals surface area contributed by atoms with E-state index in [9.17, 15) is 0 Å². The summed E-state index contributed by atoms with van der Waals surface area (Å²) in [5, 5.41) is 5.86. The minimum Gasteiger partial charge on any atom is -0.311 e. The number of benzene rings is 15. The Bertz CT molecular complexity index is 6740. The van der Waals surface area contributed by atoms with E-state index in [1.807, 2.05) is 249 Å². The minimum atomic E-state index is -3.26. The maximum atomic E-state index is 15.1. The number of nitrogens with zero attached hydrogens (tertiary/aromatic N) is 9. The van der Waals surface area contributed by atoms with Crippen LogP contribution in [0.4, 0.5) is 68.2 Å². The molecule has 0 amide bonds. The topological polar surface area (TPSA) is 113 Å². The standard InChI is InChI=1S/3C39H30N3OP/c1-39(2)35-18-10-12-20-37(35)42(38-21-13-11-19-36(38)39)31-23-28(22-30(25-31)40-3)29-24-34(27-41-26-29)44(43,32-14-6-4-7-15-32)33-16-8-5-9-17-33;1-39(2)34-18-10-12-20-37(34)42(38-21-13-11-19-35(38)39)30-25-28(24-29(26-30)40-3)36-27-33(22-23-41-36)44(43,31-14-6-4-7-15-31)32-16-8-5-9-17-32;1-39(2)34-18-10-12-20-36(34)42(37-21-13-11-19-35(37)39)31-25-29(24-30(27-31)40-3)28-22-23-41-38(26-28)44(43,32-14-6-4-7-15-32)33-16-8-5-9-17-33/h3*4-27H,1-2H3. The SMILES string of the molecule is [C-]#[N+]c1cc(-c2cc(P(=O)(c3ccccc3)c3ccccc3)ccn2)cc(N2c3ccccc3C(C)(C)c3ccccc32)c1.[C-]#[N+]c1cc(-c2ccnc(P(=O)(c3ccccc3)c3ccccc3)c2)cc(N2c3ccccc3C(C)(C)c3ccccc32)c1.[C-]#[N+]c1cc(-c2cncc(P(=O)(c3ccccc3)c3ccccc3)c2)cc(N2c3ccccc3C(C)(C)c3ccccc32)c1. The highest BCUT2D eigenvalue weighted by Crippen LogP contribution is 2.58. The fourth-order valence-corrected chi connectivity index (χ4v) is 27.0. The first kappa shape index (κ1) is 85.7. The predicted molar refractivity (Wildman–Crippen MR) is 546 cm³/mol. The fraction of sp³-hybridized carbons (Fsp3) is 0.0769. The number of para-hydroxylation sites is 6. The van der Waals surface area contributed by atoms with Crippen LogP contribution in [0, 0.1) is 19.7 Å². The van der Waals surface area contributed by atoms with E-state index >= 15 is 13.7 Å². The average Bonchev–Trinajstić information content (AvgIpc) is 0.700. The minimum absolute atomic E-state index is 0.181. The first-order valence-electron chi connectivity index (χ1n) is 43.8. The summed E-state index contributed by atoms with van der Waals surface area (Å²) in [5.74, 6) is 0. The van der Waals surface area contributed by atoms with Gasteiger partial charge in [0.2, 0.25) is 0 Å². The van der Waals surface area contributed by atoms with Gasteiger partial charge >= 0.3 is 0 Å². The van der Waals surface area contributed by atoms with Crippen LogP contribution >= 0.6 is 21.4 Å². The molecule has 636 valence electrons. The molecule has 0 radical (unpaired) electrons. The van der Waals surface area contributed by atoms with E-state index in [0.29, 0.717) is 38.8 Å². The normalized spacial score (nSPS) is 13.4. The van der Waals surface area contributed by atoms with E-state index in [4.69, 9.17) is 24.7 Å². The Balaban J connectivity index is 0.000000128. The van der Waals surface area contributed by atoms with Crippen LogP contribution in [0.2, 0.25) is 0 Å². The van der Waals surface area contributed by atoms with E-state index in [1.54, 1.807) is 24.8 Å². The molecule has 3 aliphatic heterocycles. The molecular formula is C117H90N9O3P3. The monoisotopic (exact) mass is 1760 g/mol. The van der Waals surface area contributed by atoms with Crippen LogP contribution < -0.4 is 62.6 Å². The van der Waals surface area contributed by atoms with Crippen molar-refractivity contribution < 1.29 is 13.7 Å². The van der Waals surface area contributed by atoms with Crippen molar-refractivity contribution in [3.05, 3.63) is 505 Å². The van der Waals surface area contributed by atoms with E-state index in [2.05, 4.69) is 245 Å². The van der Waals surface area contributed by atoms with Crippen molar-refractivity contribution in [3.63, 3.8) is 0 Å². The lowest BCUT2D eigenvalue weighted by Crippen LogP contribution is -2.30. The molecule has 0 aliphatic carbocycles.